The monoisotopic (exact) mass is 305 g/mol. The Morgan fingerprint density at radius 2 is 2.24 bits per heavy atom. The molecular formula is C15H19N3O2S. The van der Waals surface area contributed by atoms with Crippen LogP contribution in [0.3, 0.4) is 0 Å². The first-order valence-corrected chi connectivity index (χ1v) is 8.04. The van der Waals surface area contributed by atoms with Gasteiger partial charge >= 0.3 is 0 Å². The van der Waals surface area contributed by atoms with Crippen molar-refractivity contribution in [1.29, 1.82) is 5.26 Å². The van der Waals surface area contributed by atoms with Crippen LogP contribution in [0.1, 0.15) is 32.6 Å². The van der Waals surface area contributed by atoms with E-state index in [1.54, 1.807) is 23.9 Å². The molecule has 5 nitrogen and oxygen atoms in total. The van der Waals surface area contributed by atoms with Crippen LogP contribution in [0.2, 0.25) is 0 Å². The van der Waals surface area contributed by atoms with Crippen LogP contribution in [0.5, 0.6) is 0 Å². The maximum Gasteiger partial charge on any atom is 0.269 e. The molecule has 1 aliphatic rings. The zero-order valence-electron chi connectivity index (χ0n) is 12.0. The Morgan fingerprint density at radius 3 is 2.81 bits per heavy atom. The average molecular weight is 305 g/mol. The lowest BCUT2D eigenvalue weighted by atomic mass is 9.82. The van der Waals surface area contributed by atoms with Gasteiger partial charge in [-0.05, 0) is 44.4 Å². The van der Waals surface area contributed by atoms with Gasteiger partial charge in [-0.25, -0.2) is 0 Å². The third kappa shape index (κ3) is 3.96. The second-order valence-corrected chi connectivity index (χ2v) is 6.69. The SMILES string of the molecule is CCNC1(C#N)CCCC(Sc2ccc([N+](=O)[O-])cc2)C1. The van der Waals surface area contributed by atoms with Crippen molar-refractivity contribution in [2.75, 3.05) is 6.54 Å². The van der Waals surface area contributed by atoms with Gasteiger partial charge in [0.2, 0.25) is 0 Å². The van der Waals surface area contributed by atoms with Crippen LogP contribution in [0.25, 0.3) is 0 Å². The summed E-state index contributed by atoms with van der Waals surface area (Å²) in [5, 5.41) is 23.8. The van der Waals surface area contributed by atoms with Crippen LogP contribution in [-0.2, 0) is 0 Å². The molecule has 0 radical (unpaired) electrons. The molecule has 1 aromatic carbocycles. The molecule has 2 rings (SSSR count). The number of nitro groups is 1. The molecule has 0 spiro atoms. The van der Waals surface area contributed by atoms with Crippen molar-refractivity contribution in [2.24, 2.45) is 0 Å². The molecule has 6 heteroatoms. The third-order valence-electron chi connectivity index (χ3n) is 3.79. The van der Waals surface area contributed by atoms with E-state index in [9.17, 15) is 15.4 Å². The standard InChI is InChI=1S/C15H19N3O2S/c1-2-17-15(11-16)9-3-4-14(10-15)21-13-7-5-12(6-8-13)18(19)20/h5-8,14,17H,2-4,9-10H2,1H3. The zero-order valence-corrected chi connectivity index (χ0v) is 12.9. The Hall–Kier alpha value is -1.58. The summed E-state index contributed by atoms with van der Waals surface area (Å²) in [5.41, 5.74) is -0.298. The van der Waals surface area contributed by atoms with E-state index in [-0.39, 0.29) is 10.6 Å². The van der Waals surface area contributed by atoms with Crippen LogP contribution >= 0.6 is 11.8 Å². The Labute approximate surface area is 128 Å². The van der Waals surface area contributed by atoms with Gasteiger partial charge in [-0.3, -0.25) is 15.4 Å². The molecule has 112 valence electrons. The van der Waals surface area contributed by atoms with Crippen molar-refractivity contribution in [1.82, 2.24) is 5.32 Å². The van der Waals surface area contributed by atoms with Gasteiger partial charge in [0, 0.05) is 22.3 Å². The van der Waals surface area contributed by atoms with E-state index < -0.39 is 5.54 Å². The number of nitrogens with one attached hydrogen (secondary N) is 1. The molecule has 1 aromatic rings. The van der Waals surface area contributed by atoms with Gasteiger partial charge in [0.15, 0.2) is 0 Å². The highest BCUT2D eigenvalue weighted by molar-refractivity contribution is 8.00. The number of benzene rings is 1. The number of nitro benzene ring substituents is 1. The molecule has 21 heavy (non-hydrogen) atoms. The van der Waals surface area contributed by atoms with Gasteiger partial charge in [0.25, 0.3) is 5.69 Å². The third-order valence-corrected chi connectivity index (χ3v) is 5.07. The summed E-state index contributed by atoms with van der Waals surface area (Å²) in [6.07, 6.45) is 3.83. The number of non-ortho nitro benzene ring substituents is 1. The molecule has 0 saturated heterocycles. The highest BCUT2D eigenvalue weighted by Gasteiger charge is 2.36. The maximum atomic E-state index is 10.7. The highest BCUT2D eigenvalue weighted by atomic mass is 32.2. The minimum absolute atomic E-state index is 0.113. The van der Waals surface area contributed by atoms with Crippen LogP contribution in [-0.4, -0.2) is 22.3 Å². The minimum Gasteiger partial charge on any atom is -0.300 e. The summed E-state index contributed by atoms with van der Waals surface area (Å²) in [6, 6.07) is 9.09. The Morgan fingerprint density at radius 1 is 1.52 bits per heavy atom. The first-order chi connectivity index (χ1) is 10.1. The molecule has 0 amide bonds. The highest BCUT2D eigenvalue weighted by Crippen LogP contribution is 2.38. The number of nitrogens with zero attached hydrogens (tertiary/aromatic N) is 2. The second-order valence-electron chi connectivity index (χ2n) is 5.31. The topological polar surface area (TPSA) is 79.0 Å². The predicted octanol–water partition coefficient (Wildman–Crippen LogP) is 3.50. The van der Waals surface area contributed by atoms with Crippen molar-refractivity contribution < 1.29 is 4.92 Å². The molecule has 2 atom stereocenters. The van der Waals surface area contributed by atoms with Gasteiger partial charge in [-0.2, -0.15) is 5.26 Å². The van der Waals surface area contributed by atoms with Crippen LogP contribution in [0, 0.1) is 21.4 Å². The van der Waals surface area contributed by atoms with Crippen molar-refractivity contribution >= 4 is 17.4 Å². The molecule has 0 heterocycles. The fourth-order valence-electron chi connectivity index (χ4n) is 2.80. The van der Waals surface area contributed by atoms with Gasteiger partial charge in [-0.15, -0.1) is 11.8 Å². The number of hydrogen-bond donors (Lipinski definition) is 1. The molecule has 1 N–H and O–H groups in total. The largest absolute Gasteiger partial charge is 0.300 e. The second kappa shape index (κ2) is 6.92. The molecule has 0 aromatic heterocycles. The van der Waals surface area contributed by atoms with E-state index in [0.717, 1.165) is 37.1 Å². The first-order valence-electron chi connectivity index (χ1n) is 7.16. The van der Waals surface area contributed by atoms with Crippen LogP contribution in [0.4, 0.5) is 5.69 Å². The van der Waals surface area contributed by atoms with Gasteiger partial charge < -0.3 is 0 Å². The molecule has 1 aliphatic carbocycles. The van der Waals surface area contributed by atoms with Crippen molar-refractivity contribution in [3.8, 4) is 6.07 Å². The molecule has 0 bridgehead atoms. The molecule has 0 aliphatic heterocycles. The molecule has 1 fully saturated rings. The van der Waals surface area contributed by atoms with Gasteiger partial charge in [0.1, 0.15) is 5.54 Å². The normalized spacial score (nSPS) is 25.2. The lowest BCUT2D eigenvalue weighted by molar-refractivity contribution is -0.384. The quantitative estimate of drug-likeness (QED) is 0.665. The fraction of sp³-hybridized carbons (Fsp3) is 0.533. The Bertz CT molecular complexity index is 537. The number of thioether (sulfide) groups is 1. The van der Waals surface area contributed by atoms with Crippen molar-refractivity contribution in [3.05, 3.63) is 34.4 Å². The number of nitriles is 1. The first kappa shape index (κ1) is 15.8. The molecule has 1 saturated carbocycles. The average Bonchev–Trinajstić information content (AvgIpc) is 2.48. The zero-order chi connectivity index (χ0) is 15.3. The summed E-state index contributed by atoms with van der Waals surface area (Å²) in [4.78, 5) is 11.3. The lowest BCUT2D eigenvalue weighted by Crippen LogP contribution is -2.48. The van der Waals surface area contributed by atoms with E-state index in [0.29, 0.717) is 5.25 Å². The van der Waals surface area contributed by atoms with Crippen LogP contribution < -0.4 is 5.32 Å². The van der Waals surface area contributed by atoms with E-state index in [2.05, 4.69) is 11.4 Å². The predicted molar refractivity (Wildman–Crippen MR) is 83.2 cm³/mol. The van der Waals surface area contributed by atoms with Gasteiger partial charge in [0.05, 0.1) is 11.0 Å². The lowest BCUT2D eigenvalue weighted by Gasteiger charge is -2.36. The summed E-state index contributed by atoms with van der Waals surface area (Å²) in [7, 11) is 0. The van der Waals surface area contributed by atoms with Crippen molar-refractivity contribution in [2.45, 2.75) is 48.3 Å². The van der Waals surface area contributed by atoms with Crippen LogP contribution in [0.15, 0.2) is 29.2 Å². The van der Waals surface area contributed by atoms with Gasteiger partial charge in [-0.1, -0.05) is 6.92 Å². The Balaban J connectivity index is 2.02. The minimum atomic E-state index is -0.411. The summed E-state index contributed by atoms with van der Waals surface area (Å²) in [5.74, 6) is 0. The van der Waals surface area contributed by atoms with E-state index in [1.807, 2.05) is 6.92 Å². The number of rotatable bonds is 5. The van der Waals surface area contributed by atoms with Crippen molar-refractivity contribution in [3.63, 3.8) is 0 Å². The smallest absolute Gasteiger partial charge is 0.269 e. The van der Waals surface area contributed by atoms with E-state index >= 15 is 0 Å². The maximum absolute atomic E-state index is 10.7. The molecular weight excluding hydrogens is 286 g/mol. The number of hydrogen-bond acceptors (Lipinski definition) is 5. The van der Waals surface area contributed by atoms with E-state index in [1.165, 1.54) is 12.1 Å². The fourth-order valence-corrected chi connectivity index (χ4v) is 4.13. The summed E-state index contributed by atoms with van der Waals surface area (Å²) in [6.45, 7) is 2.81. The molecule has 2 unspecified atom stereocenters. The summed E-state index contributed by atoms with van der Waals surface area (Å²) >= 11 is 1.71. The van der Waals surface area contributed by atoms with E-state index in [4.69, 9.17) is 0 Å². The Kier molecular flexibility index (Phi) is 5.21. The summed E-state index contributed by atoms with van der Waals surface area (Å²) < 4.78 is 0.